The van der Waals surface area contributed by atoms with E-state index in [9.17, 15) is 9.59 Å². The van der Waals surface area contributed by atoms with Crippen LogP contribution in [-0.4, -0.2) is 66.7 Å². The number of hydrogen-bond acceptors (Lipinski definition) is 6. The van der Waals surface area contributed by atoms with Crippen LogP contribution < -0.4 is 10.1 Å². The van der Waals surface area contributed by atoms with Crippen molar-refractivity contribution in [3.63, 3.8) is 0 Å². The highest BCUT2D eigenvalue weighted by Crippen LogP contribution is 2.29. The first-order chi connectivity index (χ1) is 15.6. The Bertz CT molecular complexity index is 934. The molecule has 1 atom stereocenters. The monoisotopic (exact) mass is 442 g/mol. The molecule has 32 heavy (non-hydrogen) atoms. The average molecular weight is 443 g/mol. The van der Waals surface area contributed by atoms with Gasteiger partial charge in [-0.05, 0) is 30.5 Å². The van der Waals surface area contributed by atoms with Crippen LogP contribution in [0.15, 0.2) is 30.6 Å². The highest BCUT2D eigenvalue weighted by Gasteiger charge is 2.32. The van der Waals surface area contributed by atoms with Crippen LogP contribution in [0.5, 0.6) is 5.75 Å². The molecule has 2 aromatic rings. The Hall–Kier alpha value is -2.91. The zero-order valence-corrected chi connectivity index (χ0v) is 18.6. The summed E-state index contributed by atoms with van der Waals surface area (Å²) in [6.07, 6.45) is 2.92. The number of amides is 2. The predicted octanol–water partition coefficient (Wildman–Crippen LogP) is 1.78. The largest absolute Gasteiger partial charge is 0.497 e. The van der Waals surface area contributed by atoms with Gasteiger partial charge in [-0.2, -0.15) is 0 Å². The molecule has 9 nitrogen and oxygen atoms in total. The lowest BCUT2D eigenvalue weighted by molar-refractivity contribution is -0.126. The van der Waals surface area contributed by atoms with Crippen molar-refractivity contribution in [3.05, 3.63) is 47.5 Å². The Kier molecular flexibility index (Phi) is 7.06. The molecule has 1 aromatic carbocycles. The summed E-state index contributed by atoms with van der Waals surface area (Å²) in [7, 11) is 3.25. The van der Waals surface area contributed by atoms with Gasteiger partial charge in [0.05, 0.1) is 38.9 Å². The molecule has 9 heteroatoms. The van der Waals surface area contributed by atoms with Crippen molar-refractivity contribution in [2.24, 2.45) is 5.92 Å². The lowest BCUT2D eigenvalue weighted by atomic mass is 9.95. The number of nitrogens with zero attached hydrogens (tertiary/aromatic N) is 3. The molecule has 0 saturated carbocycles. The molecule has 2 aliphatic rings. The number of piperidine rings is 1. The van der Waals surface area contributed by atoms with Crippen molar-refractivity contribution in [3.8, 4) is 5.75 Å². The zero-order chi connectivity index (χ0) is 22.5. The number of ether oxygens (including phenoxy) is 3. The average Bonchev–Trinajstić information content (AvgIpc) is 3.27. The van der Waals surface area contributed by atoms with E-state index in [4.69, 9.17) is 14.2 Å². The Morgan fingerprint density at radius 3 is 2.62 bits per heavy atom. The molecule has 3 heterocycles. The van der Waals surface area contributed by atoms with Crippen LogP contribution in [0.25, 0.3) is 0 Å². The molecule has 1 saturated heterocycles. The molecule has 2 amide bonds. The summed E-state index contributed by atoms with van der Waals surface area (Å²) in [6.45, 7) is 3.02. The summed E-state index contributed by atoms with van der Waals surface area (Å²) < 4.78 is 18.2. The number of imidazole rings is 1. The first kappa shape index (κ1) is 22.3. The number of likely N-dealkylation sites (tertiary alicyclic amines) is 1. The quantitative estimate of drug-likeness (QED) is 0.657. The van der Waals surface area contributed by atoms with Crippen LogP contribution in [0.3, 0.4) is 0 Å². The number of rotatable bonds is 7. The van der Waals surface area contributed by atoms with E-state index in [1.807, 2.05) is 28.8 Å². The summed E-state index contributed by atoms with van der Waals surface area (Å²) in [5.41, 5.74) is 2.31. The van der Waals surface area contributed by atoms with E-state index in [-0.39, 0.29) is 23.8 Å². The van der Waals surface area contributed by atoms with E-state index in [1.165, 1.54) is 0 Å². The Morgan fingerprint density at radius 1 is 1.19 bits per heavy atom. The number of carbonyl (C=O) groups excluding carboxylic acids is 2. The smallest absolute Gasteiger partial charge is 0.274 e. The van der Waals surface area contributed by atoms with Gasteiger partial charge in [-0.3, -0.25) is 9.59 Å². The van der Waals surface area contributed by atoms with E-state index >= 15 is 0 Å². The molecule has 4 rings (SSSR count). The first-order valence-electron chi connectivity index (χ1n) is 11.0. The number of fused-ring (bicyclic) bond motifs is 1. The molecule has 172 valence electrons. The number of carbonyl (C=O) groups is 2. The number of methoxy groups -OCH3 is 2. The zero-order valence-electron chi connectivity index (χ0n) is 18.6. The Morgan fingerprint density at radius 2 is 1.94 bits per heavy atom. The number of benzene rings is 1. The molecule has 0 unspecified atom stereocenters. The maximum absolute atomic E-state index is 13.1. The molecule has 1 aromatic heterocycles. The molecule has 0 bridgehead atoms. The summed E-state index contributed by atoms with van der Waals surface area (Å²) in [4.78, 5) is 31.6. The van der Waals surface area contributed by atoms with Crippen LogP contribution in [0.4, 0.5) is 0 Å². The normalized spacial score (nSPS) is 18.8. The SMILES string of the molecule is COCCNC(=O)C1CCN(C(=O)c2ncn3c2CO[C@@H](c2ccc(OC)cc2)C3)CC1. The highest BCUT2D eigenvalue weighted by atomic mass is 16.5. The number of nitrogens with one attached hydrogen (secondary N) is 1. The van der Waals surface area contributed by atoms with Crippen molar-refractivity contribution < 1.29 is 23.8 Å². The lowest BCUT2D eigenvalue weighted by Crippen LogP contribution is -2.44. The van der Waals surface area contributed by atoms with Gasteiger partial charge in [0.25, 0.3) is 5.91 Å². The molecule has 2 aliphatic heterocycles. The van der Waals surface area contributed by atoms with Crippen molar-refractivity contribution >= 4 is 11.8 Å². The van der Waals surface area contributed by atoms with Crippen molar-refractivity contribution in [2.75, 3.05) is 40.5 Å². The Labute approximate surface area is 187 Å². The molecule has 1 fully saturated rings. The third kappa shape index (κ3) is 4.78. The van der Waals surface area contributed by atoms with Gasteiger partial charge < -0.3 is 29.0 Å². The summed E-state index contributed by atoms with van der Waals surface area (Å²) in [5, 5.41) is 2.88. The lowest BCUT2D eigenvalue weighted by Gasteiger charge is -2.31. The van der Waals surface area contributed by atoms with E-state index in [0.717, 1.165) is 17.0 Å². The second-order valence-corrected chi connectivity index (χ2v) is 8.12. The summed E-state index contributed by atoms with van der Waals surface area (Å²) >= 11 is 0. The van der Waals surface area contributed by atoms with E-state index < -0.39 is 0 Å². The fraction of sp³-hybridized carbons (Fsp3) is 0.522. The Balaban J connectivity index is 1.34. The van der Waals surface area contributed by atoms with Crippen LogP contribution in [0.1, 0.15) is 40.7 Å². The summed E-state index contributed by atoms with van der Waals surface area (Å²) in [5.74, 6) is 0.673. The maximum atomic E-state index is 13.1. The molecule has 1 N–H and O–H groups in total. The maximum Gasteiger partial charge on any atom is 0.274 e. The first-order valence-corrected chi connectivity index (χ1v) is 11.0. The minimum absolute atomic E-state index is 0.0338. The number of hydrogen-bond donors (Lipinski definition) is 1. The molecule has 0 radical (unpaired) electrons. The van der Waals surface area contributed by atoms with Gasteiger partial charge in [0.1, 0.15) is 11.9 Å². The third-order valence-corrected chi connectivity index (χ3v) is 6.18. The van der Waals surface area contributed by atoms with E-state index in [2.05, 4.69) is 10.3 Å². The van der Waals surface area contributed by atoms with Gasteiger partial charge in [0.15, 0.2) is 5.69 Å². The second kappa shape index (κ2) is 10.1. The molecular weight excluding hydrogens is 412 g/mol. The van der Waals surface area contributed by atoms with Gasteiger partial charge in [-0.25, -0.2) is 4.98 Å². The van der Waals surface area contributed by atoms with Crippen molar-refractivity contribution in [1.82, 2.24) is 19.8 Å². The highest BCUT2D eigenvalue weighted by molar-refractivity contribution is 5.93. The van der Waals surface area contributed by atoms with Gasteiger partial charge in [0.2, 0.25) is 5.91 Å². The van der Waals surface area contributed by atoms with Crippen molar-refractivity contribution in [2.45, 2.75) is 32.1 Å². The van der Waals surface area contributed by atoms with Gasteiger partial charge >= 0.3 is 0 Å². The topological polar surface area (TPSA) is 94.9 Å². The fourth-order valence-corrected chi connectivity index (χ4v) is 4.24. The molecule has 0 aliphatic carbocycles. The standard InChI is InChI=1S/C23H30N4O5/c1-30-12-9-24-22(28)17-7-10-26(11-8-17)23(29)21-19-14-32-20(13-27(19)15-25-21)16-3-5-18(31-2)6-4-16/h3-6,15,17,20H,7-14H2,1-2H3,(H,24,28)/t20-/m1/s1. The van der Waals surface area contributed by atoms with Crippen molar-refractivity contribution in [1.29, 1.82) is 0 Å². The second-order valence-electron chi connectivity index (χ2n) is 8.12. The minimum Gasteiger partial charge on any atom is -0.497 e. The predicted molar refractivity (Wildman–Crippen MR) is 116 cm³/mol. The van der Waals surface area contributed by atoms with Gasteiger partial charge in [-0.1, -0.05) is 12.1 Å². The molecule has 0 spiro atoms. The van der Waals surface area contributed by atoms with Crippen LogP contribution >= 0.6 is 0 Å². The minimum atomic E-state index is -0.0991. The third-order valence-electron chi connectivity index (χ3n) is 6.18. The molecular formula is C23H30N4O5. The summed E-state index contributed by atoms with van der Waals surface area (Å²) in [6, 6.07) is 7.82. The van der Waals surface area contributed by atoms with Crippen LogP contribution in [0.2, 0.25) is 0 Å². The van der Waals surface area contributed by atoms with E-state index in [0.29, 0.717) is 57.9 Å². The van der Waals surface area contributed by atoms with Gasteiger partial charge in [-0.15, -0.1) is 0 Å². The van der Waals surface area contributed by atoms with Crippen LogP contribution in [-0.2, 0) is 27.4 Å². The number of aromatic nitrogens is 2. The van der Waals surface area contributed by atoms with Gasteiger partial charge in [0, 0.05) is 32.7 Å². The fourth-order valence-electron chi connectivity index (χ4n) is 4.24. The van der Waals surface area contributed by atoms with Crippen LogP contribution in [0, 0.1) is 5.92 Å². The van der Waals surface area contributed by atoms with E-state index in [1.54, 1.807) is 25.4 Å².